The molecule has 0 amide bonds. The molecule has 6 nitrogen and oxygen atoms in total. The zero-order valence-electron chi connectivity index (χ0n) is 20.6. The van der Waals surface area contributed by atoms with Gasteiger partial charge in [0.25, 0.3) is 0 Å². The van der Waals surface area contributed by atoms with Gasteiger partial charge in [0.2, 0.25) is 6.43 Å². The van der Waals surface area contributed by atoms with Crippen molar-refractivity contribution in [2.24, 2.45) is 11.7 Å². The van der Waals surface area contributed by atoms with Gasteiger partial charge in [0.05, 0.1) is 5.35 Å². The molecule has 2 aromatic heterocycles. The van der Waals surface area contributed by atoms with Gasteiger partial charge in [0.15, 0.2) is 0 Å². The molecule has 0 aliphatic carbocycles. The Morgan fingerprint density at radius 1 is 1.14 bits per heavy atom. The molecule has 1 aromatic carbocycles. The molecule has 0 fully saturated rings. The Labute approximate surface area is 204 Å². The number of benzene rings is 1. The molecule has 0 radical (unpaired) electrons. The van der Waals surface area contributed by atoms with E-state index in [4.69, 9.17) is 10.7 Å². The number of nitrogen functional groups attached to an aromatic ring is 1. The quantitative estimate of drug-likeness (QED) is 0.201. The number of hydrogen-bond donors (Lipinski definition) is 3. The maximum absolute atomic E-state index is 12.3. The fraction of sp³-hybridized carbons (Fsp3) is 0.269. The van der Waals surface area contributed by atoms with Crippen molar-refractivity contribution in [2.75, 3.05) is 5.73 Å². The van der Waals surface area contributed by atoms with E-state index in [1.165, 1.54) is 12.1 Å². The van der Waals surface area contributed by atoms with E-state index in [9.17, 15) is 13.2 Å². The summed E-state index contributed by atoms with van der Waals surface area (Å²) in [5.74, 6) is 8.21. The third kappa shape index (κ3) is 8.66. The van der Waals surface area contributed by atoms with Crippen LogP contribution in [-0.2, 0) is 0 Å². The molecule has 0 bridgehead atoms. The van der Waals surface area contributed by atoms with Crippen LogP contribution in [0.2, 0.25) is 0 Å². The van der Waals surface area contributed by atoms with Gasteiger partial charge in [-0.3, -0.25) is 16.7 Å². The summed E-state index contributed by atoms with van der Waals surface area (Å²) < 4.78 is 35.8. The van der Waals surface area contributed by atoms with Gasteiger partial charge in [0, 0.05) is 29.0 Å². The zero-order chi connectivity index (χ0) is 26.4. The number of pyridine rings is 1. The van der Waals surface area contributed by atoms with Crippen molar-refractivity contribution in [2.45, 2.75) is 46.5 Å². The maximum atomic E-state index is 12.3. The molecular weight excluding hydrogens is 700 g/mol. The van der Waals surface area contributed by atoms with Gasteiger partial charge < -0.3 is 5.73 Å². The normalized spacial score (nSPS) is 11.4. The van der Waals surface area contributed by atoms with E-state index >= 15 is 0 Å². The van der Waals surface area contributed by atoms with Crippen LogP contribution in [0.15, 0.2) is 54.9 Å². The molecule has 0 unspecified atom stereocenters. The first-order valence-electron chi connectivity index (χ1n) is 11.0. The Hall–Kier alpha value is -4.56. The van der Waals surface area contributed by atoms with Gasteiger partial charge in [-0.2, -0.15) is 18.2 Å². The summed E-state index contributed by atoms with van der Waals surface area (Å²) in [6.07, 6.45) is 5.70. The van der Waals surface area contributed by atoms with E-state index in [0.29, 0.717) is 11.6 Å². The third-order valence-corrected chi connectivity index (χ3v) is 4.68. The molecule has 0 saturated heterocycles. The fourth-order valence-corrected chi connectivity index (χ4v) is 3.25. The van der Waals surface area contributed by atoms with Gasteiger partial charge in [-0.15, -0.1) is 6.07 Å². The molecular formula is C26H32CmF3N6-. The van der Waals surface area contributed by atoms with Crippen molar-refractivity contribution in [1.29, 1.82) is 0 Å². The number of aromatic nitrogens is 3. The summed E-state index contributed by atoms with van der Waals surface area (Å²) in [6, 6.07) is 9.62. The van der Waals surface area contributed by atoms with Gasteiger partial charge in [0.1, 0.15) is 11.6 Å². The van der Waals surface area contributed by atoms with Gasteiger partial charge in [-0.1, -0.05) is 38.5 Å². The summed E-state index contributed by atoms with van der Waals surface area (Å²) >= 11 is 0. The number of alkyl halides is 2. The van der Waals surface area contributed by atoms with E-state index < -0.39 is 17.8 Å². The van der Waals surface area contributed by atoms with Crippen molar-refractivity contribution in [3.8, 4) is 0 Å². The van der Waals surface area contributed by atoms with Crippen molar-refractivity contribution >= 4 is 17.5 Å². The third-order valence-electron chi connectivity index (χ3n) is 4.68. The van der Waals surface area contributed by atoms with Crippen LogP contribution in [0.5, 0.6) is 0 Å². The molecule has 0 saturated carbocycles. The summed E-state index contributed by atoms with van der Waals surface area (Å²) in [4.78, 5) is 13.1. The number of halogens is 3. The Morgan fingerprint density at radius 3 is 2.28 bits per heavy atom. The van der Waals surface area contributed by atoms with Crippen LogP contribution < -0.4 is 28.0 Å². The van der Waals surface area contributed by atoms with Crippen LogP contribution in [0.25, 0.3) is 11.6 Å². The minimum absolute atomic E-state index is 0. The van der Waals surface area contributed by atoms with E-state index in [1.807, 2.05) is 25.1 Å². The molecule has 36 heavy (non-hydrogen) atoms. The summed E-state index contributed by atoms with van der Waals surface area (Å²) in [7, 11) is 0. The minimum atomic E-state index is -2.75. The predicted molar refractivity (Wildman–Crippen MR) is 135 cm³/mol. The minimum Gasteiger partial charge on any atom is -0.383 e. The average molecular weight is 733 g/mol. The smallest absolute Gasteiger partial charge is 0.224 e. The second kappa shape index (κ2) is 16.1. The summed E-state index contributed by atoms with van der Waals surface area (Å²) in [5.41, 5.74) is 8.71. The number of nitrogens with two attached hydrogens (primary N) is 3. The zero-order valence-corrected chi connectivity index (χ0v) is 23.5. The number of hydrogen-bond acceptors (Lipinski definition) is 6. The molecule has 10 heteroatoms. The number of aryl methyl sites for hydroxylation is 1. The van der Waals surface area contributed by atoms with Crippen LogP contribution in [0.4, 0.5) is 19.0 Å². The molecule has 0 spiro atoms. The molecule has 3 aromatic rings. The number of nitrogens with zero attached hydrogens (tertiary/aromatic N) is 3. The average Bonchev–Trinajstić information content (AvgIpc) is 2.84. The molecule has 3 rings (SSSR count). The van der Waals surface area contributed by atoms with E-state index in [2.05, 4.69) is 48.2 Å². The van der Waals surface area contributed by atoms with Crippen LogP contribution in [0, 0.1) is 18.8 Å². The number of allylic oxidation sites excluding steroid dienone is 1. The van der Waals surface area contributed by atoms with Crippen LogP contribution >= 0.6 is 0 Å². The Morgan fingerprint density at radius 2 is 1.78 bits per heavy atom. The number of hydrazine groups is 1. The topological polar surface area (TPSA) is 117 Å². The summed E-state index contributed by atoms with van der Waals surface area (Å²) in [5, 5.41) is 1.75. The van der Waals surface area contributed by atoms with Crippen molar-refractivity contribution < 1.29 is 13.2 Å². The molecule has 196 valence electrons. The molecule has 0 atom stereocenters. The molecule has 0 aliphatic rings. The van der Waals surface area contributed by atoms with Crippen molar-refractivity contribution in [1.82, 2.24) is 15.0 Å². The van der Waals surface area contributed by atoms with Crippen LogP contribution in [-0.4, -0.2) is 15.0 Å². The van der Waals surface area contributed by atoms with Crippen molar-refractivity contribution in [3.63, 3.8) is 0 Å². The summed E-state index contributed by atoms with van der Waals surface area (Å²) in [6.45, 7) is 10.4. The Kier molecular flexibility index (Phi) is 14.1. The SMILES string of the molecule is C=C(CCC)/C(c1ccncc1)=c1/nc(C)nc(N)/c1=C/CC.Fc1[c-]cccc1C(F)F.NN.[Cm]. The maximum Gasteiger partial charge on any atom is 0.224 e. The monoisotopic (exact) mass is 728 g/mol. The largest absolute Gasteiger partial charge is 0.383 e. The molecule has 0 aliphatic heterocycles. The van der Waals surface area contributed by atoms with E-state index in [-0.39, 0.29) is 0 Å². The van der Waals surface area contributed by atoms with Gasteiger partial charge in [-0.05, 0) is 43.0 Å². The first-order chi connectivity index (χ1) is 16.8. The number of rotatable bonds is 6. The first kappa shape index (κ1) is 31.4. The van der Waals surface area contributed by atoms with Crippen LogP contribution in [0.3, 0.4) is 0 Å². The van der Waals surface area contributed by atoms with E-state index in [1.54, 1.807) is 12.4 Å². The number of anilines is 1. The second-order valence-electron chi connectivity index (χ2n) is 7.24. The predicted octanol–water partition coefficient (Wildman–Crippen LogP) is 3.89. The van der Waals surface area contributed by atoms with Gasteiger partial charge in [-0.25, -0.2) is 23.1 Å². The second-order valence-corrected chi connectivity index (χ2v) is 7.24. The molecule has 2 heterocycles. The van der Waals surface area contributed by atoms with Crippen LogP contribution in [0.1, 0.15) is 56.5 Å². The Bertz CT molecular complexity index is 1200. The Balaban J connectivity index is 0.000000791. The van der Waals surface area contributed by atoms with Gasteiger partial charge >= 0.3 is 0 Å². The first-order valence-corrected chi connectivity index (χ1v) is 11.0. The van der Waals surface area contributed by atoms with Crippen molar-refractivity contribution in [3.05, 3.63) is 94.3 Å². The fourth-order valence-electron chi connectivity index (χ4n) is 3.25. The van der Waals surface area contributed by atoms with E-state index in [0.717, 1.165) is 52.6 Å². The molecule has 6 N–H and O–H groups in total. The standard InChI is InChI=1S/C19H24N4.C7H4F3.Cm.H4N2/c1-5-7-13(3)17(15-9-11-21-12-10-15)18-16(8-6-2)19(20)23-14(4)22-18;8-6-4-2-1-3-5(6)7(9)10;;1-2/h8-12H,3,5-7H2,1-2,4H3,(H2,20,22,23);1-3,7H;;1-2H2/q;-1;;/b16-8+,18-17-;;;.